The van der Waals surface area contributed by atoms with Gasteiger partial charge in [0, 0.05) is 19.6 Å². The Kier molecular flexibility index (Phi) is 3.99. The number of nitrogens with zero attached hydrogens (tertiary/aromatic N) is 1. The van der Waals surface area contributed by atoms with E-state index in [-0.39, 0.29) is 12.7 Å². The maximum atomic E-state index is 9.27. The summed E-state index contributed by atoms with van der Waals surface area (Å²) in [6.07, 6.45) is -0.447. The zero-order valence-corrected chi connectivity index (χ0v) is 10.0. The van der Waals surface area contributed by atoms with Gasteiger partial charge in [0.1, 0.15) is 11.9 Å². The van der Waals surface area contributed by atoms with Crippen molar-refractivity contribution in [2.75, 3.05) is 26.2 Å². The summed E-state index contributed by atoms with van der Waals surface area (Å²) in [7, 11) is 0. The first-order chi connectivity index (χ1) is 8.17. The molecule has 4 nitrogen and oxygen atoms in total. The zero-order valence-electron chi connectivity index (χ0n) is 10.0. The van der Waals surface area contributed by atoms with Crippen LogP contribution in [0.4, 0.5) is 0 Å². The summed E-state index contributed by atoms with van der Waals surface area (Å²) in [5.74, 6) is 0.900. The van der Waals surface area contributed by atoms with Gasteiger partial charge < -0.3 is 14.9 Å². The van der Waals surface area contributed by atoms with Crippen LogP contribution in [0.5, 0.6) is 5.75 Å². The van der Waals surface area contributed by atoms with Gasteiger partial charge >= 0.3 is 0 Å². The summed E-state index contributed by atoms with van der Waals surface area (Å²) < 4.78 is 5.79. The Morgan fingerprint density at radius 1 is 1.47 bits per heavy atom. The number of aliphatic hydroxyl groups excluding tert-OH is 2. The van der Waals surface area contributed by atoms with E-state index in [0.29, 0.717) is 6.54 Å². The fourth-order valence-electron chi connectivity index (χ4n) is 1.98. The third-order valence-corrected chi connectivity index (χ3v) is 2.90. The molecule has 0 bridgehead atoms. The number of benzene rings is 1. The van der Waals surface area contributed by atoms with Crippen molar-refractivity contribution in [3.05, 3.63) is 29.8 Å². The van der Waals surface area contributed by atoms with Crippen molar-refractivity contribution in [3.8, 4) is 5.75 Å². The fraction of sp³-hybridized carbons (Fsp3) is 0.538. The van der Waals surface area contributed by atoms with E-state index >= 15 is 0 Å². The molecule has 1 fully saturated rings. The van der Waals surface area contributed by atoms with Crippen LogP contribution < -0.4 is 4.74 Å². The van der Waals surface area contributed by atoms with E-state index in [1.807, 2.05) is 31.2 Å². The van der Waals surface area contributed by atoms with Crippen molar-refractivity contribution >= 4 is 0 Å². The van der Waals surface area contributed by atoms with Gasteiger partial charge in [-0.2, -0.15) is 0 Å². The summed E-state index contributed by atoms with van der Waals surface area (Å²) >= 11 is 0. The molecule has 1 atom stereocenters. The Labute approximate surface area is 101 Å². The van der Waals surface area contributed by atoms with Crippen LogP contribution in [0.3, 0.4) is 0 Å². The number of hydrogen-bond donors (Lipinski definition) is 2. The molecule has 0 unspecified atom stereocenters. The molecule has 94 valence electrons. The standard InChI is InChI=1S/C13H19NO3/c1-10-3-2-4-12(5-10)17-13-7-14(8-13)6-11(16)9-15/h2-5,11,13,15-16H,6-9H2,1H3/t11-/m1/s1. The predicted molar refractivity (Wildman–Crippen MR) is 65.1 cm³/mol. The van der Waals surface area contributed by atoms with Crippen LogP contribution in [0.1, 0.15) is 5.56 Å². The van der Waals surface area contributed by atoms with Crippen LogP contribution in [0.2, 0.25) is 0 Å². The van der Waals surface area contributed by atoms with Crippen molar-refractivity contribution in [2.24, 2.45) is 0 Å². The molecule has 0 saturated carbocycles. The van der Waals surface area contributed by atoms with Gasteiger partial charge in [0.2, 0.25) is 0 Å². The number of hydrogen-bond acceptors (Lipinski definition) is 4. The first-order valence-corrected chi connectivity index (χ1v) is 5.92. The van der Waals surface area contributed by atoms with Crippen LogP contribution in [0, 0.1) is 6.92 Å². The first-order valence-electron chi connectivity index (χ1n) is 5.92. The Hall–Kier alpha value is -1.10. The van der Waals surface area contributed by atoms with Crippen molar-refractivity contribution in [1.29, 1.82) is 0 Å². The number of ether oxygens (including phenoxy) is 1. The highest BCUT2D eigenvalue weighted by molar-refractivity contribution is 5.27. The van der Waals surface area contributed by atoms with Crippen molar-refractivity contribution < 1.29 is 14.9 Å². The quantitative estimate of drug-likeness (QED) is 0.779. The third kappa shape index (κ3) is 3.43. The molecular weight excluding hydrogens is 218 g/mol. The van der Waals surface area contributed by atoms with Crippen molar-refractivity contribution in [3.63, 3.8) is 0 Å². The van der Waals surface area contributed by atoms with Crippen molar-refractivity contribution in [2.45, 2.75) is 19.1 Å². The molecule has 0 spiro atoms. The maximum absolute atomic E-state index is 9.27. The highest BCUT2D eigenvalue weighted by Crippen LogP contribution is 2.19. The van der Waals surface area contributed by atoms with Crippen LogP contribution in [0.15, 0.2) is 24.3 Å². The monoisotopic (exact) mass is 237 g/mol. The summed E-state index contributed by atoms with van der Waals surface area (Å²) in [6, 6.07) is 8.00. The minimum Gasteiger partial charge on any atom is -0.488 e. The topological polar surface area (TPSA) is 52.9 Å². The number of rotatable bonds is 5. The summed E-state index contributed by atoms with van der Waals surface area (Å²) in [6.45, 7) is 4.00. The normalized spacial score (nSPS) is 18.8. The molecule has 1 saturated heterocycles. The highest BCUT2D eigenvalue weighted by atomic mass is 16.5. The van der Waals surface area contributed by atoms with E-state index in [1.165, 1.54) is 5.56 Å². The molecule has 1 heterocycles. The molecule has 2 rings (SSSR count). The molecule has 2 N–H and O–H groups in total. The molecule has 1 aliphatic rings. The van der Waals surface area contributed by atoms with Gasteiger partial charge in [-0.3, -0.25) is 4.90 Å². The Morgan fingerprint density at radius 2 is 2.24 bits per heavy atom. The molecule has 1 aliphatic heterocycles. The van der Waals surface area contributed by atoms with Crippen LogP contribution in [-0.4, -0.2) is 53.6 Å². The smallest absolute Gasteiger partial charge is 0.124 e. The van der Waals surface area contributed by atoms with Gasteiger partial charge in [0.05, 0.1) is 12.7 Å². The van der Waals surface area contributed by atoms with Gasteiger partial charge in [0.25, 0.3) is 0 Å². The fourth-order valence-corrected chi connectivity index (χ4v) is 1.98. The second-order valence-corrected chi connectivity index (χ2v) is 4.61. The van der Waals surface area contributed by atoms with E-state index in [1.54, 1.807) is 0 Å². The summed E-state index contributed by atoms with van der Waals surface area (Å²) in [5.41, 5.74) is 1.19. The molecular formula is C13H19NO3. The molecule has 4 heteroatoms. The molecule has 1 aromatic rings. The zero-order chi connectivity index (χ0) is 12.3. The number of β-amino-alcohol motifs (C(OH)–C–C–N with tert-alkyl or cyclic N) is 1. The molecule has 0 aromatic heterocycles. The molecule has 0 amide bonds. The summed E-state index contributed by atoms with van der Waals surface area (Å²) in [4.78, 5) is 2.07. The van der Waals surface area contributed by atoms with E-state index in [4.69, 9.17) is 9.84 Å². The maximum Gasteiger partial charge on any atom is 0.124 e. The summed E-state index contributed by atoms with van der Waals surface area (Å²) in [5, 5.41) is 18.0. The second kappa shape index (κ2) is 5.49. The van der Waals surface area contributed by atoms with E-state index in [2.05, 4.69) is 4.90 Å². The van der Waals surface area contributed by atoms with Gasteiger partial charge in [-0.25, -0.2) is 0 Å². The van der Waals surface area contributed by atoms with Gasteiger partial charge in [-0.05, 0) is 24.6 Å². The largest absolute Gasteiger partial charge is 0.488 e. The third-order valence-electron chi connectivity index (χ3n) is 2.90. The lowest BCUT2D eigenvalue weighted by atomic mass is 10.1. The van der Waals surface area contributed by atoms with Crippen molar-refractivity contribution in [1.82, 2.24) is 4.90 Å². The number of aryl methyl sites for hydroxylation is 1. The lowest BCUT2D eigenvalue weighted by Gasteiger charge is -2.39. The van der Waals surface area contributed by atoms with Gasteiger partial charge in [0.15, 0.2) is 0 Å². The lowest BCUT2D eigenvalue weighted by Crippen LogP contribution is -2.56. The average Bonchev–Trinajstić information content (AvgIpc) is 2.26. The van der Waals surface area contributed by atoms with E-state index in [9.17, 15) is 5.11 Å². The Morgan fingerprint density at radius 3 is 2.88 bits per heavy atom. The Balaban J connectivity index is 1.74. The molecule has 0 aliphatic carbocycles. The second-order valence-electron chi connectivity index (χ2n) is 4.61. The van der Waals surface area contributed by atoms with Gasteiger partial charge in [-0.1, -0.05) is 12.1 Å². The van der Waals surface area contributed by atoms with Crippen LogP contribution in [-0.2, 0) is 0 Å². The number of aliphatic hydroxyl groups is 2. The van der Waals surface area contributed by atoms with Crippen LogP contribution in [0.25, 0.3) is 0 Å². The molecule has 17 heavy (non-hydrogen) atoms. The number of likely N-dealkylation sites (tertiary alicyclic amines) is 1. The van der Waals surface area contributed by atoms with Crippen LogP contribution >= 0.6 is 0 Å². The minimum absolute atomic E-state index is 0.181. The SMILES string of the molecule is Cc1cccc(OC2CN(C[C@@H](O)CO)C2)c1. The molecule has 0 radical (unpaired) electrons. The lowest BCUT2D eigenvalue weighted by molar-refractivity contribution is -0.0201. The van der Waals surface area contributed by atoms with E-state index in [0.717, 1.165) is 18.8 Å². The predicted octanol–water partition coefficient (Wildman–Crippen LogP) is 0.411. The highest BCUT2D eigenvalue weighted by Gasteiger charge is 2.29. The first kappa shape index (κ1) is 12.4. The van der Waals surface area contributed by atoms with E-state index < -0.39 is 6.10 Å². The van der Waals surface area contributed by atoms with Gasteiger partial charge in [-0.15, -0.1) is 0 Å². The average molecular weight is 237 g/mol. The Bertz CT molecular complexity index is 363. The minimum atomic E-state index is -0.644. The molecule has 1 aromatic carbocycles.